The lowest BCUT2D eigenvalue weighted by Gasteiger charge is -2.18. The maximum absolute atomic E-state index is 9.31. The van der Waals surface area contributed by atoms with E-state index in [9.17, 15) is 5.11 Å². The number of nitrogens with zero attached hydrogens (tertiary/aromatic N) is 1. The normalized spacial score (nSPS) is 16.2. The first-order valence-electron chi connectivity index (χ1n) is 5.12. The van der Waals surface area contributed by atoms with Crippen molar-refractivity contribution in [2.75, 3.05) is 27.2 Å². The molecule has 0 aliphatic rings. The number of hydrogen-bond donors (Lipinski definition) is 2. The summed E-state index contributed by atoms with van der Waals surface area (Å²) in [6.07, 6.45) is 1.76. The predicted molar refractivity (Wildman–Crippen MR) is 56.9 cm³/mol. The third-order valence-corrected chi connectivity index (χ3v) is 2.18. The summed E-state index contributed by atoms with van der Waals surface area (Å²) in [4.78, 5) is 2.18. The van der Waals surface area contributed by atoms with E-state index in [4.69, 9.17) is 0 Å². The van der Waals surface area contributed by atoms with E-state index in [1.807, 2.05) is 6.92 Å². The average molecular weight is 188 g/mol. The van der Waals surface area contributed by atoms with E-state index in [0.717, 1.165) is 19.4 Å². The van der Waals surface area contributed by atoms with Crippen LogP contribution >= 0.6 is 0 Å². The van der Waals surface area contributed by atoms with E-state index >= 15 is 0 Å². The van der Waals surface area contributed by atoms with Gasteiger partial charge in [0.1, 0.15) is 0 Å². The standard InChI is InChI=1S/C10H24N2O/c1-5-10(13)8-11-9(2)6-7-12(3)4/h9-11,13H,5-8H2,1-4H3. The fraction of sp³-hybridized carbons (Fsp3) is 1.00. The molecule has 0 rings (SSSR count). The highest BCUT2D eigenvalue weighted by Crippen LogP contribution is 1.94. The molecule has 0 radical (unpaired) electrons. The molecule has 80 valence electrons. The molecular formula is C10H24N2O. The van der Waals surface area contributed by atoms with E-state index in [0.29, 0.717) is 12.6 Å². The Morgan fingerprint density at radius 2 is 2.00 bits per heavy atom. The molecule has 0 heterocycles. The summed E-state index contributed by atoms with van der Waals surface area (Å²) in [5.74, 6) is 0. The van der Waals surface area contributed by atoms with Crippen molar-refractivity contribution in [2.24, 2.45) is 0 Å². The Balaban J connectivity index is 3.34. The average Bonchev–Trinajstić information content (AvgIpc) is 2.10. The minimum absolute atomic E-state index is 0.193. The van der Waals surface area contributed by atoms with Crippen molar-refractivity contribution in [3.8, 4) is 0 Å². The minimum Gasteiger partial charge on any atom is -0.392 e. The second kappa shape index (κ2) is 7.30. The minimum atomic E-state index is -0.193. The molecule has 0 spiro atoms. The summed E-state index contributed by atoms with van der Waals surface area (Å²) in [6, 6.07) is 0.489. The van der Waals surface area contributed by atoms with E-state index in [2.05, 4.69) is 31.2 Å². The Morgan fingerprint density at radius 1 is 1.38 bits per heavy atom. The van der Waals surface area contributed by atoms with Gasteiger partial charge in [0.2, 0.25) is 0 Å². The second-order valence-electron chi connectivity index (χ2n) is 3.96. The van der Waals surface area contributed by atoms with Crippen molar-refractivity contribution in [1.82, 2.24) is 10.2 Å². The fourth-order valence-electron chi connectivity index (χ4n) is 1.04. The van der Waals surface area contributed by atoms with Crippen molar-refractivity contribution >= 4 is 0 Å². The Labute approximate surface area is 82.1 Å². The Hall–Kier alpha value is -0.120. The topological polar surface area (TPSA) is 35.5 Å². The molecule has 0 saturated heterocycles. The summed E-state index contributed by atoms with van der Waals surface area (Å²) in [5.41, 5.74) is 0. The van der Waals surface area contributed by atoms with Crippen LogP contribution in [0.1, 0.15) is 26.7 Å². The number of aliphatic hydroxyl groups excluding tert-OH is 1. The second-order valence-corrected chi connectivity index (χ2v) is 3.96. The fourth-order valence-corrected chi connectivity index (χ4v) is 1.04. The Morgan fingerprint density at radius 3 is 2.46 bits per heavy atom. The molecule has 2 atom stereocenters. The highest BCUT2D eigenvalue weighted by Gasteiger charge is 2.04. The maximum Gasteiger partial charge on any atom is 0.0662 e. The number of aliphatic hydroxyl groups is 1. The van der Waals surface area contributed by atoms with Crippen LogP contribution < -0.4 is 5.32 Å². The van der Waals surface area contributed by atoms with Crippen molar-refractivity contribution in [3.05, 3.63) is 0 Å². The van der Waals surface area contributed by atoms with Crippen LogP contribution in [0.25, 0.3) is 0 Å². The first-order chi connectivity index (χ1) is 6.06. The molecular weight excluding hydrogens is 164 g/mol. The lowest BCUT2D eigenvalue weighted by Crippen LogP contribution is -2.35. The summed E-state index contributed by atoms with van der Waals surface area (Å²) in [7, 11) is 4.15. The van der Waals surface area contributed by atoms with E-state index in [1.54, 1.807) is 0 Å². The maximum atomic E-state index is 9.31. The molecule has 0 fully saturated rings. The van der Waals surface area contributed by atoms with E-state index in [-0.39, 0.29) is 6.10 Å². The van der Waals surface area contributed by atoms with Crippen LogP contribution in [-0.4, -0.2) is 49.3 Å². The SMILES string of the molecule is CCC(O)CNC(C)CCN(C)C. The van der Waals surface area contributed by atoms with Gasteiger partial charge in [-0.1, -0.05) is 6.92 Å². The number of nitrogens with one attached hydrogen (secondary N) is 1. The van der Waals surface area contributed by atoms with Gasteiger partial charge in [0.15, 0.2) is 0 Å². The lowest BCUT2D eigenvalue weighted by molar-refractivity contribution is 0.162. The van der Waals surface area contributed by atoms with E-state index < -0.39 is 0 Å². The molecule has 0 aliphatic carbocycles. The van der Waals surface area contributed by atoms with Gasteiger partial charge in [0, 0.05) is 12.6 Å². The summed E-state index contributed by atoms with van der Waals surface area (Å²) in [6.45, 7) is 5.96. The van der Waals surface area contributed by atoms with Crippen LogP contribution in [0.3, 0.4) is 0 Å². The van der Waals surface area contributed by atoms with Crippen molar-refractivity contribution in [3.63, 3.8) is 0 Å². The monoisotopic (exact) mass is 188 g/mol. The summed E-state index contributed by atoms with van der Waals surface area (Å²) >= 11 is 0. The number of hydrogen-bond acceptors (Lipinski definition) is 3. The molecule has 0 amide bonds. The molecule has 3 nitrogen and oxygen atoms in total. The third-order valence-electron chi connectivity index (χ3n) is 2.18. The summed E-state index contributed by atoms with van der Waals surface area (Å²) in [5, 5.41) is 12.6. The van der Waals surface area contributed by atoms with Crippen LogP contribution in [0.5, 0.6) is 0 Å². The zero-order chi connectivity index (χ0) is 10.3. The van der Waals surface area contributed by atoms with Gasteiger partial charge in [-0.25, -0.2) is 0 Å². The molecule has 0 aromatic heterocycles. The van der Waals surface area contributed by atoms with Gasteiger partial charge in [0.05, 0.1) is 6.10 Å². The van der Waals surface area contributed by atoms with Gasteiger partial charge in [-0.15, -0.1) is 0 Å². The van der Waals surface area contributed by atoms with E-state index in [1.165, 1.54) is 0 Å². The number of rotatable bonds is 7. The lowest BCUT2D eigenvalue weighted by atomic mass is 10.2. The molecule has 13 heavy (non-hydrogen) atoms. The summed E-state index contributed by atoms with van der Waals surface area (Å²) < 4.78 is 0. The van der Waals surface area contributed by atoms with Gasteiger partial charge in [0.25, 0.3) is 0 Å². The zero-order valence-electron chi connectivity index (χ0n) is 9.38. The Bertz CT molecular complexity index is 117. The van der Waals surface area contributed by atoms with Gasteiger partial charge >= 0.3 is 0 Å². The third kappa shape index (κ3) is 8.22. The van der Waals surface area contributed by atoms with Gasteiger partial charge in [-0.3, -0.25) is 0 Å². The molecule has 0 aromatic rings. The first-order valence-corrected chi connectivity index (χ1v) is 5.12. The van der Waals surface area contributed by atoms with Gasteiger partial charge < -0.3 is 15.3 Å². The van der Waals surface area contributed by atoms with Crippen LogP contribution in [-0.2, 0) is 0 Å². The zero-order valence-corrected chi connectivity index (χ0v) is 9.38. The molecule has 0 bridgehead atoms. The largest absolute Gasteiger partial charge is 0.392 e. The van der Waals surface area contributed by atoms with Crippen LogP contribution in [0.2, 0.25) is 0 Å². The van der Waals surface area contributed by atoms with Crippen molar-refractivity contribution in [2.45, 2.75) is 38.8 Å². The molecule has 0 aliphatic heterocycles. The quantitative estimate of drug-likeness (QED) is 0.617. The molecule has 2 N–H and O–H groups in total. The first kappa shape index (κ1) is 12.9. The van der Waals surface area contributed by atoms with Crippen molar-refractivity contribution in [1.29, 1.82) is 0 Å². The molecule has 0 saturated carbocycles. The van der Waals surface area contributed by atoms with Gasteiger partial charge in [-0.05, 0) is 40.4 Å². The van der Waals surface area contributed by atoms with Crippen molar-refractivity contribution < 1.29 is 5.11 Å². The van der Waals surface area contributed by atoms with Crippen LogP contribution in [0.15, 0.2) is 0 Å². The van der Waals surface area contributed by atoms with Gasteiger partial charge in [-0.2, -0.15) is 0 Å². The molecule has 0 aromatic carbocycles. The predicted octanol–water partition coefficient (Wildman–Crippen LogP) is 0.687. The highest BCUT2D eigenvalue weighted by molar-refractivity contribution is 4.65. The smallest absolute Gasteiger partial charge is 0.0662 e. The van der Waals surface area contributed by atoms with Crippen LogP contribution in [0, 0.1) is 0 Å². The molecule has 3 heteroatoms. The molecule has 2 unspecified atom stereocenters. The highest BCUT2D eigenvalue weighted by atomic mass is 16.3. The van der Waals surface area contributed by atoms with Crippen LogP contribution in [0.4, 0.5) is 0 Å². The Kier molecular flexibility index (Phi) is 7.23.